The van der Waals surface area contributed by atoms with Gasteiger partial charge in [0.25, 0.3) is 0 Å². The third-order valence-corrected chi connectivity index (χ3v) is 4.89. The lowest BCUT2D eigenvalue weighted by molar-refractivity contribution is -0.117. The highest BCUT2D eigenvalue weighted by Gasteiger charge is 2.20. The molecule has 2 N–H and O–H groups in total. The lowest BCUT2D eigenvalue weighted by Crippen LogP contribution is -2.21. The van der Waals surface area contributed by atoms with Crippen LogP contribution in [0.5, 0.6) is 0 Å². The molecule has 0 aliphatic rings. The summed E-state index contributed by atoms with van der Waals surface area (Å²) in [5, 5.41) is 28.2. The van der Waals surface area contributed by atoms with Gasteiger partial charge in [0.15, 0.2) is 10.1 Å². The number of hydrogen-bond acceptors (Lipinski definition) is 8. The molecule has 2 rings (SSSR count). The molecule has 0 aliphatic heterocycles. The molecule has 1 atom stereocenters. The Hall–Kier alpha value is -2.24. The summed E-state index contributed by atoms with van der Waals surface area (Å²) in [6.45, 7) is 3.47. The van der Waals surface area contributed by atoms with Crippen LogP contribution in [0.4, 0.5) is 10.8 Å². The highest BCUT2D eigenvalue weighted by atomic mass is 32.2. The normalized spacial score (nSPS) is 11.5. The summed E-state index contributed by atoms with van der Waals surface area (Å²) in [5.41, 5.74) is 2.14. The molecular weight excluding hydrogens is 330 g/mol. The second kappa shape index (κ2) is 7.85. The van der Waals surface area contributed by atoms with Crippen LogP contribution in [-0.2, 0) is 4.79 Å². The van der Waals surface area contributed by atoms with Gasteiger partial charge in [-0.2, -0.15) is 5.26 Å². The molecule has 1 aromatic carbocycles. The van der Waals surface area contributed by atoms with Crippen molar-refractivity contribution in [3.63, 3.8) is 0 Å². The van der Waals surface area contributed by atoms with Gasteiger partial charge < -0.3 is 10.7 Å². The quantitative estimate of drug-likeness (QED) is 0.589. The Morgan fingerprint density at radius 2 is 2.30 bits per heavy atom. The molecule has 0 spiro atoms. The monoisotopic (exact) mass is 345 g/mol. The number of thioether (sulfide) groups is 1. The van der Waals surface area contributed by atoms with Crippen molar-refractivity contribution in [1.29, 1.82) is 10.7 Å². The Morgan fingerprint density at radius 3 is 2.96 bits per heavy atom. The molecule has 0 aliphatic carbocycles. The van der Waals surface area contributed by atoms with E-state index in [1.54, 1.807) is 0 Å². The van der Waals surface area contributed by atoms with Crippen molar-refractivity contribution in [2.45, 2.75) is 18.2 Å². The van der Waals surface area contributed by atoms with E-state index in [1.165, 1.54) is 30.0 Å². The van der Waals surface area contributed by atoms with Crippen molar-refractivity contribution >= 4 is 45.4 Å². The summed E-state index contributed by atoms with van der Waals surface area (Å²) in [6.07, 6.45) is 0. The van der Waals surface area contributed by atoms with E-state index in [1.807, 2.05) is 37.3 Å². The minimum Gasteiger partial charge on any atom is -0.330 e. The summed E-state index contributed by atoms with van der Waals surface area (Å²) in [4.78, 5) is 11.9. The van der Waals surface area contributed by atoms with Gasteiger partial charge in [0.1, 0.15) is 5.92 Å². The fourth-order valence-corrected chi connectivity index (χ4v) is 3.47. The number of Topliss-reactive ketones (excluding diaryl/α,β-unsaturated/α-hetero) is 1. The number of aryl methyl sites for hydroxylation is 1. The maximum atomic E-state index is 11.9. The van der Waals surface area contributed by atoms with E-state index in [2.05, 4.69) is 15.5 Å². The Kier molecular flexibility index (Phi) is 5.84. The average Bonchev–Trinajstić information content (AvgIpc) is 2.93. The Bertz CT molecular complexity index is 765. The fourth-order valence-electron chi connectivity index (χ4n) is 1.79. The molecule has 0 bridgehead atoms. The maximum absolute atomic E-state index is 11.9. The van der Waals surface area contributed by atoms with E-state index in [0.29, 0.717) is 9.47 Å². The first-order valence-electron chi connectivity index (χ1n) is 6.77. The highest BCUT2D eigenvalue weighted by Crippen LogP contribution is 2.28. The standard InChI is InChI=1S/C15H15N5OS2/c1-9-4-3-5-11(6-9)18-14-19-20-15(23-14)22-8-13(21)12(7-16)10(2)17/h3-6,12,17H,8H2,1-2H3,(H,18,19)/t12-/m1/s1. The van der Waals surface area contributed by atoms with E-state index < -0.39 is 5.92 Å². The van der Waals surface area contributed by atoms with E-state index in [0.717, 1.165) is 11.3 Å². The molecule has 0 unspecified atom stereocenters. The molecule has 0 amide bonds. The number of nitrogens with zero attached hydrogens (tertiary/aromatic N) is 3. The molecule has 118 valence electrons. The van der Waals surface area contributed by atoms with Gasteiger partial charge >= 0.3 is 0 Å². The van der Waals surface area contributed by atoms with Gasteiger partial charge in [0, 0.05) is 11.4 Å². The van der Waals surface area contributed by atoms with Gasteiger partial charge in [0.2, 0.25) is 5.13 Å². The highest BCUT2D eigenvalue weighted by molar-refractivity contribution is 8.01. The molecular formula is C15H15N5OS2. The second-order valence-corrected chi connectivity index (χ2v) is 7.07. The third kappa shape index (κ3) is 4.87. The van der Waals surface area contributed by atoms with Crippen LogP contribution < -0.4 is 5.32 Å². The first-order chi connectivity index (χ1) is 11.0. The molecule has 0 saturated carbocycles. The predicted octanol–water partition coefficient (Wildman–Crippen LogP) is 3.43. The first-order valence-corrected chi connectivity index (χ1v) is 8.57. The number of rotatable bonds is 7. The lowest BCUT2D eigenvalue weighted by atomic mass is 10.0. The number of aromatic nitrogens is 2. The molecule has 8 heteroatoms. The molecule has 23 heavy (non-hydrogen) atoms. The number of carbonyl (C=O) groups excluding carboxylic acids is 1. The van der Waals surface area contributed by atoms with Crippen LogP contribution in [0.15, 0.2) is 28.6 Å². The van der Waals surface area contributed by atoms with Crippen molar-refractivity contribution in [1.82, 2.24) is 10.2 Å². The fraction of sp³-hybridized carbons (Fsp3) is 0.267. The third-order valence-electron chi connectivity index (χ3n) is 2.90. The van der Waals surface area contributed by atoms with Crippen LogP contribution in [0.3, 0.4) is 0 Å². The average molecular weight is 345 g/mol. The van der Waals surface area contributed by atoms with Crippen molar-refractivity contribution in [2.75, 3.05) is 11.1 Å². The minimum atomic E-state index is -0.972. The molecule has 6 nitrogen and oxygen atoms in total. The first kappa shape index (κ1) is 17.1. The molecule has 1 aromatic heterocycles. The SMILES string of the molecule is CC(=N)[C@@H](C#N)C(=O)CSc1nnc(Nc2cccc(C)c2)s1. The van der Waals surface area contributed by atoms with E-state index >= 15 is 0 Å². The van der Waals surface area contributed by atoms with Gasteiger partial charge in [0.05, 0.1) is 11.8 Å². The summed E-state index contributed by atoms with van der Waals surface area (Å²) >= 11 is 2.58. The van der Waals surface area contributed by atoms with Crippen LogP contribution in [0, 0.1) is 29.6 Å². The largest absolute Gasteiger partial charge is 0.330 e. The number of ketones is 1. The Balaban J connectivity index is 1.94. The van der Waals surface area contributed by atoms with Crippen LogP contribution >= 0.6 is 23.1 Å². The second-order valence-electron chi connectivity index (χ2n) is 4.87. The van der Waals surface area contributed by atoms with Gasteiger partial charge in [-0.15, -0.1) is 10.2 Å². The van der Waals surface area contributed by atoms with Crippen LogP contribution in [0.1, 0.15) is 12.5 Å². The van der Waals surface area contributed by atoms with Crippen LogP contribution in [-0.4, -0.2) is 27.4 Å². The van der Waals surface area contributed by atoms with Crippen LogP contribution in [0.25, 0.3) is 0 Å². The van der Waals surface area contributed by atoms with Gasteiger partial charge in [-0.1, -0.05) is 35.2 Å². The molecule has 1 heterocycles. The van der Waals surface area contributed by atoms with Crippen molar-refractivity contribution in [3.05, 3.63) is 29.8 Å². The minimum absolute atomic E-state index is 0.0668. The zero-order chi connectivity index (χ0) is 16.8. The Morgan fingerprint density at radius 1 is 1.52 bits per heavy atom. The van der Waals surface area contributed by atoms with E-state index in [4.69, 9.17) is 10.7 Å². The van der Waals surface area contributed by atoms with E-state index in [9.17, 15) is 4.79 Å². The number of benzene rings is 1. The van der Waals surface area contributed by atoms with Gasteiger partial charge in [-0.25, -0.2) is 0 Å². The van der Waals surface area contributed by atoms with Crippen molar-refractivity contribution < 1.29 is 4.79 Å². The summed E-state index contributed by atoms with van der Waals surface area (Å²) in [7, 11) is 0. The summed E-state index contributed by atoms with van der Waals surface area (Å²) in [6, 6.07) is 9.75. The number of carbonyl (C=O) groups is 1. The maximum Gasteiger partial charge on any atom is 0.210 e. The number of nitriles is 1. The van der Waals surface area contributed by atoms with Gasteiger partial charge in [-0.3, -0.25) is 4.79 Å². The molecule has 2 aromatic rings. The smallest absolute Gasteiger partial charge is 0.210 e. The zero-order valence-electron chi connectivity index (χ0n) is 12.7. The van der Waals surface area contributed by atoms with Gasteiger partial charge in [-0.05, 0) is 31.5 Å². The van der Waals surface area contributed by atoms with Crippen molar-refractivity contribution in [2.24, 2.45) is 5.92 Å². The number of nitrogens with one attached hydrogen (secondary N) is 2. The van der Waals surface area contributed by atoms with Crippen molar-refractivity contribution in [3.8, 4) is 6.07 Å². The van der Waals surface area contributed by atoms with E-state index in [-0.39, 0.29) is 17.2 Å². The topological polar surface area (TPSA) is 103 Å². The predicted molar refractivity (Wildman–Crippen MR) is 92.6 cm³/mol. The number of anilines is 2. The lowest BCUT2D eigenvalue weighted by Gasteiger charge is -2.04. The Labute approximate surface area is 142 Å². The molecule has 0 fully saturated rings. The molecule has 0 saturated heterocycles. The van der Waals surface area contributed by atoms with Crippen LogP contribution in [0.2, 0.25) is 0 Å². The zero-order valence-corrected chi connectivity index (χ0v) is 14.3. The summed E-state index contributed by atoms with van der Waals surface area (Å²) in [5.74, 6) is -1.15. The molecule has 0 radical (unpaired) electrons. The number of hydrogen-bond donors (Lipinski definition) is 2. The summed E-state index contributed by atoms with van der Waals surface area (Å²) < 4.78 is 0.646.